The van der Waals surface area contributed by atoms with Crippen molar-refractivity contribution in [1.82, 2.24) is 9.78 Å². The molecule has 3 nitrogen and oxygen atoms in total. The van der Waals surface area contributed by atoms with Gasteiger partial charge in [-0.15, -0.1) is 0 Å². The summed E-state index contributed by atoms with van der Waals surface area (Å²) in [5, 5.41) is 4.30. The molecule has 0 atom stereocenters. The number of carbonyl (C=O) groups excluding carboxylic acids is 1. The van der Waals surface area contributed by atoms with Crippen LogP contribution in [0.1, 0.15) is 21.7 Å². The minimum absolute atomic E-state index is 0.148. The molecule has 0 N–H and O–H groups in total. The van der Waals surface area contributed by atoms with Crippen LogP contribution in [0.15, 0.2) is 24.3 Å². The molecule has 0 radical (unpaired) electrons. The van der Waals surface area contributed by atoms with Gasteiger partial charge in [-0.2, -0.15) is 5.10 Å². The second-order valence-corrected chi connectivity index (χ2v) is 4.16. The number of ketones is 1. The highest BCUT2D eigenvalue weighted by Gasteiger charge is 2.17. The summed E-state index contributed by atoms with van der Waals surface area (Å²) in [4.78, 5) is 12.1. The van der Waals surface area contributed by atoms with E-state index in [1.807, 2.05) is 0 Å². The second kappa shape index (κ2) is 4.30. The van der Waals surface area contributed by atoms with E-state index < -0.39 is 5.82 Å². The molecule has 1 heterocycles. The second-order valence-electron chi connectivity index (χ2n) is 3.75. The summed E-state index contributed by atoms with van der Waals surface area (Å²) in [5.41, 5.74) is 1.26. The number of halogens is 2. The topological polar surface area (TPSA) is 34.9 Å². The van der Waals surface area contributed by atoms with Crippen molar-refractivity contribution in [3.63, 3.8) is 0 Å². The van der Waals surface area contributed by atoms with E-state index in [1.54, 1.807) is 20.0 Å². The van der Waals surface area contributed by atoms with Crippen molar-refractivity contribution in [2.45, 2.75) is 6.92 Å². The SMILES string of the molecule is Cc1cc(C(=O)c2cc(F)ccc2Cl)n(C)n1. The summed E-state index contributed by atoms with van der Waals surface area (Å²) < 4.78 is 14.6. The molecular weight excluding hydrogens is 243 g/mol. The summed E-state index contributed by atoms with van der Waals surface area (Å²) in [5.74, 6) is -0.825. The molecule has 5 heteroatoms. The molecule has 1 aromatic heterocycles. The molecule has 0 aliphatic heterocycles. The van der Waals surface area contributed by atoms with Crippen molar-refractivity contribution >= 4 is 17.4 Å². The molecule has 0 saturated heterocycles. The fourth-order valence-electron chi connectivity index (χ4n) is 1.63. The molecule has 0 aliphatic rings. The molecule has 0 saturated carbocycles. The zero-order valence-electron chi connectivity index (χ0n) is 9.37. The van der Waals surface area contributed by atoms with Gasteiger partial charge in [-0.1, -0.05) is 11.6 Å². The third-order valence-electron chi connectivity index (χ3n) is 2.41. The lowest BCUT2D eigenvalue weighted by Gasteiger charge is -2.03. The molecule has 0 spiro atoms. The third kappa shape index (κ3) is 2.22. The monoisotopic (exact) mass is 252 g/mol. The molecule has 0 amide bonds. The standard InChI is InChI=1S/C12H10ClFN2O/c1-7-5-11(16(2)15-7)12(17)9-6-8(14)3-4-10(9)13/h3-6H,1-2H3. The highest BCUT2D eigenvalue weighted by atomic mass is 35.5. The molecule has 0 bridgehead atoms. The molecule has 17 heavy (non-hydrogen) atoms. The van der Waals surface area contributed by atoms with Crippen molar-refractivity contribution in [2.75, 3.05) is 0 Å². The molecular formula is C12H10ClFN2O. The van der Waals surface area contributed by atoms with E-state index >= 15 is 0 Å². The predicted molar refractivity (Wildman–Crippen MR) is 62.8 cm³/mol. The summed E-state index contributed by atoms with van der Waals surface area (Å²) in [6.07, 6.45) is 0. The zero-order chi connectivity index (χ0) is 12.6. The normalized spacial score (nSPS) is 10.6. The lowest BCUT2D eigenvalue weighted by molar-refractivity contribution is 0.103. The van der Waals surface area contributed by atoms with Crippen LogP contribution in [0, 0.1) is 12.7 Å². The van der Waals surface area contributed by atoms with Gasteiger partial charge in [0.15, 0.2) is 0 Å². The highest BCUT2D eigenvalue weighted by molar-refractivity contribution is 6.34. The zero-order valence-corrected chi connectivity index (χ0v) is 10.1. The van der Waals surface area contributed by atoms with Crippen molar-refractivity contribution in [3.8, 4) is 0 Å². The quantitative estimate of drug-likeness (QED) is 0.771. The van der Waals surface area contributed by atoms with Crippen molar-refractivity contribution in [1.29, 1.82) is 0 Å². The van der Waals surface area contributed by atoms with Crippen LogP contribution < -0.4 is 0 Å². The van der Waals surface area contributed by atoms with Crippen LogP contribution in [-0.2, 0) is 7.05 Å². The van der Waals surface area contributed by atoms with Crippen LogP contribution in [0.5, 0.6) is 0 Å². The lowest BCUT2D eigenvalue weighted by atomic mass is 10.1. The van der Waals surface area contributed by atoms with Crippen LogP contribution in [0.25, 0.3) is 0 Å². The van der Waals surface area contributed by atoms with Crippen molar-refractivity contribution in [2.24, 2.45) is 7.05 Å². The number of rotatable bonds is 2. The number of benzene rings is 1. The molecule has 2 rings (SSSR count). The first-order valence-corrected chi connectivity index (χ1v) is 5.37. The van der Waals surface area contributed by atoms with E-state index in [1.165, 1.54) is 16.8 Å². The Hall–Kier alpha value is -1.68. The Morgan fingerprint density at radius 1 is 1.41 bits per heavy atom. The van der Waals surface area contributed by atoms with E-state index in [2.05, 4.69) is 5.10 Å². The molecule has 1 aromatic carbocycles. The summed E-state index contributed by atoms with van der Waals surface area (Å²) in [6.45, 7) is 1.78. The van der Waals surface area contributed by atoms with Gasteiger partial charge in [0.2, 0.25) is 5.78 Å². The first kappa shape index (κ1) is 11.8. The van der Waals surface area contributed by atoms with Gasteiger partial charge in [-0.05, 0) is 31.2 Å². The first-order chi connectivity index (χ1) is 7.99. The average Bonchev–Trinajstić information content (AvgIpc) is 2.60. The largest absolute Gasteiger partial charge is 0.287 e. The predicted octanol–water partition coefficient (Wildman–Crippen LogP) is 2.75. The molecule has 88 valence electrons. The van der Waals surface area contributed by atoms with Crippen LogP contribution in [0.3, 0.4) is 0 Å². The van der Waals surface area contributed by atoms with Gasteiger partial charge in [0.25, 0.3) is 0 Å². The maximum atomic E-state index is 13.1. The van der Waals surface area contributed by atoms with Gasteiger partial charge in [0.05, 0.1) is 10.7 Å². The first-order valence-electron chi connectivity index (χ1n) is 4.99. The van der Waals surface area contributed by atoms with Crippen LogP contribution >= 0.6 is 11.6 Å². The fraction of sp³-hybridized carbons (Fsp3) is 0.167. The molecule has 0 aliphatic carbocycles. The molecule has 0 fully saturated rings. The van der Waals surface area contributed by atoms with Gasteiger partial charge in [0.1, 0.15) is 11.5 Å². The molecule has 0 unspecified atom stereocenters. The van der Waals surface area contributed by atoms with E-state index in [0.29, 0.717) is 5.69 Å². The minimum Gasteiger partial charge on any atom is -0.287 e. The van der Waals surface area contributed by atoms with Crippen LogP contribution in [0.4, 0.5) is 4.39 Å². The summed E-state index contributed by atoms with van der Waals surface area (Å²) in [7, 11) is 1.66. The Morgan fingerprint density at radius 2 is 2.12 bits per heavy atom. The van der Waals surface area contributed by atoms with Crippen molar-refractivity contribution < 1.29 is 9.18 Å². The van der Waals surface area contributed by atoms with E-state index in [-0.39, 0.29) is 16.4 Å². The maximum absolute atomic E-state index is 13.1. The summed E-state index contributed by atoms with van der Waals surface area (Å²) >= 11 is 5.88. The van der Waals surface area contributed by atoms with Crippen LogP contribution in [0.2, 0.25) is 5.02 Å². The maximum Gasteiger partial charge on any atom is 0.212 e. The van der Waals surface area contributed by atoms with Crippen LogP contribution in [-0.4, -0.2) is 15.6 Å². The summed E-state index contributed by atoms with van der Waals surface area (Å²) in [6, 6.07) is 5.36. The smallest absolute Gasteiger partial charge is 0.212 e. The van der Waals surface area contributed by atoms with Gasteiger partial charge in [-0.25, -0.2) is 4.39 Å². The van der Waals surface area contributed by atoms with Gasteiger partial charge < -0.3 is 0 Å². The van der Waals surface area contributed by atoms with Crippen molar-refractivity contribution in [3.05, 3.63) is 52.1 Å². The minimum atomic E-state index is -0.489. The van der Waals surface area contributed by atoms with Gasteiger partial charge in [0, 0.05) is 12.6 Å². The Labute approximate surface area is 103 Å². The lowest BCUT2D eigenvalue weighted by Crippen LogP contribution is -2.09. The van der Waals surface area contributed by atoms with Gasteiger partial charge in [-0.3, -0.25) is 9.48 Å². The Balaban J connectivity index is 2.50. The van der Waals surface area contributed by atoms with E-state index in [0.717, 1.165) is 11.8 Å². The molecule has 2 aromatic rings. The Kier molecular flexibility index (Phi) is 2.98. The highest BCUT2D eigenvalue weighted by Crippen LogP contribution is 2.20. The average molecular weight is 253 g/mol. The van der Waals surface area contributed by atoms with Gasteiger partial charge >= 0.3 is 0 Å². The fourth-order valence-corrected chi connectivity index (χ4v) is 1.84. The number of aryl methyl sites for hydroxylation is 2. The van der Waals surface area contributed by atoms with E-state index in [9.17, 15) is 9.18 Å². The van der Waals surface area contributed by atoms with E-state index in [4.69, 9.17) is 11.6 Å². The number of aromatic nitrogens is 2. The number of nitrogens with zero attached hydrogens (tertiary/aromatic N) is 2. The number of hydrogen-bond acceptors (Lipinski definition) is 2. The number of carbonyl (C=O) groups is 1. The number of hydrogen-bond donors (Lipinski definition) is 0. The Morgan fingerprint density at radius 3 is 2.71 bits per heavy atom. The Bertz CT molecular complexity index is 592. The third-order valence-corrected chi connectivity index (χ3v) is 2.74.